The lowest BCUT2D eigenvalue weighted by atomic mass is 9.87. The van der Waals surface area contributed by atoms with E-state index in [0.29, 0.717) is 11.8 Å². The maximum Gasteiger partial charge on any atom is 0.115 e. The molecule has 0 fully saturated rings. The molecule has 3 heteroatoms. The average Bonchev–Trinajstić information content (AvgIpc) is 2.46. The van der Waals surface area contributed by atoms with Gasteiger partial charge in [-0.2, -0.15) is 11.8 Å². The molecule has 112 valence electrons. The Labute approximate surface area is 127 Å². The Kier molecular flexibility index (Phi) is 6.74. The predicted molar refractivity (Wildman–Crippen MR) is 88.6 cm³/mol. The number of unbranched alkanes of at least 4 members (excludes halogenated alkanes) is 3. The third-order valence-corrected chi connectivity index (χ3v) is 4.81. The van der Waals surface area contributed by atoms with E-state index >= 15 is 0 Å². The summed E-state index contributed by atoms with van der Waals surface area (Å²) in [6.07, 6.45) is 11.1. The van der Waals surface area contributed by atoms with Gasteiger partial charge in [0.05, 0.1) is 0 Å². The molecule has 1 aliphatic carbocycles. The normalized spacial score (nSPS) is 17.9. The number of hydrogen-bond donors (Lipinski definition) is 2. The van der Waals surface area contributed by atoms with E-state index < -0.39 is 0 Å². The number of aryl methyl sites for hydroxylation is 1. The molecule has 1 aliphatic rings. The second kappa shape index (κ2) is 8.58. The highest BCUT2D eigenvalue weighted by Crippen LogP contribution is 2.32. The number of rotatable bonds is 8. The summed E-state index contributed by atoms with van der Waals surface area (Å²) in [6, 6.07) is 6.29. The topological polar surface area (TPSA) is 32.3 Å². The summed E-state index contributed by atoms with van der Waals surface area (Å²) < 4.78 is 0. The second-order valence-corrected chi connectivity index (χ2v) is 6.67. The Bertz CT molecular complexity index is 408. The van der Waals surface area contributed by atoms with Crippen molar-refractivity contribution < 1.29 is 5.11 Å². The summed E-state index contributed by atoms with van der Waals surface area (Å²) in [6.45, 7) is 1.10. The Morgan fingerprint density at radius 3 is 2.95 bits per heavy atom. The first-order chi connectivity index (χ1) is 9.81. The number of phenols is 1. The van der Waals surface area contributed by atoms with Gasteiger partial charge in [0, 0.05) is 6.04 Å². The molecule has 1 aromatic rings. The van der Waals surface area contributed by atoms with Crippen LogP contribution in [-0.2, 0) is 6.42 Å². The second-order valence-electron chi connectivity index (χ2n) is 5.69. The van der Waals surface area contributed by atoms with Crippen molar-refractivity contribution in [2.75, 3.05) is 18.6 Å². The summed E-state index contributed by atoms with van der Waals surface area (Å²) in [5.41, 5.74) is 2.73. The molecule has 0 saturated heterocycles. The molecule has 0 amide bonds. The minimum absolute atomic E-state index is 0.398. The molecule has 0 aromatic heterocycles. The fourth-order valence-electron chi connectivity index (χ4n) is 3.00. The Balaban J connectivity index is 1.73. The van der Waals surface area contributed by atoms with Crippen LogP contribution in [0.4, 0.5) is 0 Å². The molecule has 2 nitrogen and oxygen atoms in total. The third kappa shape index (κ3) is 4.71. The monoisotopic (exact) mass is 293 g/mol. The number of fused-ring (bicyclic) bond motifs is 1. The maximum absolute atomic E-state index is 9.67. The van der Waals surface area contributed by atoms with Crippen molar-refractivity contribution in [2.24, 2.45) is 0 Å². The van der Waals surface area contributed by atoms with Gasteiger partial charge in [-0.25, -0.2) is 0 Å². The minimum atomic E-state index is 0.398. The quantitative estimate of drug-likeness (QED) is 0.702. The zero-order valence-corrected chi connectivity index (χ0v) is 13.3. The SMILES string of the molecule is CSCCCCCCNC1CCCc2ccc(O)cc21. The van der Waals surface area contributed by atoms with Crippen molar-refractivity contribution in [2.45, 2.75) is 51.0 Å². The van der Waals surface area contributed by atoms with E-state index in [1.54, 1.807) is 0 Å². The predicted octanol–water partition coefficient (Wildman–Crippen LogP) is 4.28. The fourth-order valence-corrected chi connectivity index (χ4v) is 3.49. The molecule has 0 radical (unpaired) electrons. The molecule has 1 atom stereocenters. The Hall–Kier alpha value is -0.670. The number of benzene rings is 1. The van der Waals surface area contributed by atoms with E-state index in [4.69, 9.17) is 0 Å². The molecule has 0 heterocycles. The fraction of sp³-hybridized carbons (Fsp3) is 0.647. The minimum Gasteiger partial charge on any atom is -0.508 e. The van der Waals surface area contributed by atoms with Gasteiger partial charge in [0.15, 0.2) is 0 Å². The summed E-state index contributed by atoms with van der Waals surface area (Å²) in [5, 5.41) is 13.3. The van der Waals surface area contributed by atoms with Crippen molar-refractivity contribution in [1.29, 1.82) is 0 Å². The summed E-state index contributed by atoms with van der Waals surface area (Å²) in [4.78, 5) is 0. The zero-order chi connectivity index (χ0) is 14.2. The molecule has 0 spiro atoms. The first-order valence-corrected chi connectivity index (χ1v) is 9.25. The van der Waals surface area contributed by atoms with Gasteiger partial charge in [-0.05, 0) is 73.9 Å². The smallest absolute Gasteiger partial charge is 0.115 e. The summed E-state index contributed by atoms with van der Waals surface area (Å²) in [7, 11) is 0. The van der Waals surface area contributed by atoms with Gasteiger partial charge in [0.1, 0.15) is 5.75 Å². The van der Waals surface area contributed by atoms with E-state index in [0.717, 1.165) is 13.0 Å². The van der Waals surface area contributed by atoms with Crippen LogP contribution in [0.2, 0.25) is 0 Å². The van der Waals surface area contributed by atoms with Gasteiger partial charge >= 0.3 is 0 Å². The zero-order valence-electron chi connectivity index (χ0n) is 12.5. The number of aromatic hydroxyl groups is 1. The largest absolute Gasteiger partial charge is 0.508 e. The van der Waals surface area contributed by atoms with Crippen LogP contribution in [0, 0.1) is 0 Å². The van der Waals surface area contributed by atoms with Gasteiger partial charge in [0.25, 0.3) is 0 Å². The van der Waals surface area contributed by atoms with Crippen LogP contribution >= 0.6 is 11.8 Å². The molecule has 0 aliphatic heterocycles. The maximum atomic E-state index is 9.67. The van der Waals surface area contributed by atoms with Crippen LogP contribution in [0.25, 0.3) is 0 Å². The third-order valence-electron chi connectivity index (χ3n) is 4.11. The number of hydrogen-bond acceptors (Lipinski definition) is 3. The van der Waals surface area contributed by atoms with E-state index in [-0.39, 0.29) is 0 Å². The Morgan fingerprint density at radius 2 is 2.10 bits per heavy atom. The van der Waals surface area contributed by atoms with Crippen LogP contribution in [0.15, 0.2) is 18.2 Å². The van der Waals surface area contributed by atoms with Crippen molar-refractivity contribution >= 4 is 11.8 Å². The summed E-state index contributed by atoms with van der Waals surface area (Å²) >= 11 is 1.94. The molecule has 0 bridgehead atoms. The molecule has 1 unspecified atom stereocenters. The summed E-state index contributed by atoms with van der Waals surface area (Å²) in [5.74, 6) is 1.69. The van der Waals surface area contributed by atoms with Gasteiger partial charge in [-0.1, -0.05) is 18.9 Å². The van der Waals surface area contributed by atoms with Crippen molar-refractivity contribution in [3.63, 3.8) is 0 Å². The van der Waals surface area contributed by atoms with Gasteiger partial charge in [-0.15, -0.1) is 0 Å². The molecule has 0 saturated carbocycles. The van der Waals surface area contributed by atoms with Crippen LogP contribution < -0.4 is 5.32 Å². The van der Waals surface area contributed by atoms with E-state index in [1.165, 1.54) is 55.4 Å². The molecule has 1 aromatic carbocycles. The highest BCUT2D eigenvalue weighted by molar-refractivity contribution is 7.98. The first kappa shape index (κ1) is 15.7. The lowest BCUT2D eigenvalue weighted by Crippen LogP contribution is -2.26. The number of nitrogens with one attached hydrogen (secondary N) is 1. The van der Waals surface area contributed by atoms with E-state index in [1.807, 2.05) is 23.9 Å². The lowest BCUT2D eigenvalue weighted by Gasteiger charge is -2.26. The molecule has 20 heavy (non-hydrogen) atoms. The average molecular weight is 293 g/mol. The van der Waals surface area contributed by atoms with Crippen LogP contribution in [0.5, 0.6) is 5.75 Å². The van der Waals surface area contributed by atoms with Crippen LogP contribution in [-0.4, -0.2) is 23.7 Å². The van der Waals surface area contributed by atoms with Crippen LogP contribution in [0.3, 0.4) is 0 Å². The van der Waals surface area contributed by atoms with Crippen molar-refractivity contribution in [3.8, 4) is 5.75 Å². The van der Waals surface area contributed by atoms with Crippen LogP contribution in [0.1, 0.15) is 55.7 Å². The molecule has 2 rings (SSSR count). The van der Waals surface area contributed by atoms with E-state index in [9.17, 15) is 5.11 Å². The molecule has 2 N–H and O–H groups in total. The van der Waals surface area contributed by atoms with Gasteiger partial charge < -0.3 is 10.4 Å². The Morgan fingerprint density at radius 1 is 1.25 bits per heavy atom. The number of phenolic OH excluding ortho intramolecular Hbond substituents is 1. The highest BCUT2D eigenvalue weighted by Gasteiger charge is 2.19. The van der Waals surface area contributed by atoms with E-state index in [2.05, 4.69) is 17.6 Å². The van der Waals surface area contributed by atoms with Crippen molar-refractivity contribution in [1.82, 2.24) is 5.32 Å². The molecular formula is C17H27NOS. The highest BCUT2D eigenvalue weighted by atomic mass is 32.2. The van der Waals surface area contributed by atoms with Gasteiger partial charge in [0.2, 0.25) is 0 Å². The van der Waals surface area contributed by atoms with Crippen molar-refractivity contribution in [3.05, 3.63) is 29.3 Å². The lowest BCUT2D eigenvalue weighted by molar-refractivity contribution is 0.440. The molecular weight excluding hydrogens is 266 g/mol. The van der Waals surface area contributed by atoms with Gasteiger partial charge in [-0.3, -0.25) is 0 Å². The standard InChI is InChI=1S/C17H27NOS/c1-20-12-5-3-2-4-11-18-17-8-6-7-14-9-10-15(19)13-16(14)17/h9-10,13,17-19H,2-8,11-12H2,1H3. The first-order valence-electron chi connectivity index (χ1n) is 7.85. The number of thioether (sulfide) groups is 1.